The summed E-state index contributed by atoms with van der Waals surface area (Å²) in [6.07, 6.45) is 0. The van der Waals surface area contributed by atoms with Crippen LogP contribution in [0.3, 0.4) is 0 Å². The van der Waals surface area contributed by atoms with E-state index in [1.807, 2.05) is 36.9 Å². The quantitative estimate of drug-likeness (QED) is 0.918. The smallest absolute Gasteiger partial charge is 0.196 e. The highest BCUT2D eigenvalue weighted by Gasteiger charge is 2.30. The predicted octanol–water partition coefficient (Wildman–Crippen LogP) is 3.32. The number of hydrogen-bond donors (Lipinski definition) is 1. The van der Waals surface area contributed by atoms with Gasteiger partial charge in [0.25, 0.3) is 0 Å². The number of aryl methyl sites for hydroxylation is 2. The third-order valence-corrected chi connectivity index (χ3v) is 3.86. The van der Waals surface area contributed by atoms with E-state index < -0.39 is 0 Å². The fourth-order valence-electron chi connectivity index (χ4n) is 2.80. The molecule has 1 heterocycles. The van der Waals surface area contributed by atoms with Crippen molar-refractivity contribution in [3.63, 3.8) is 0 Å². The number of halogens is 1. The van der Waals surface area contributed by atoms with Gasteiger partial charge in [-0.05, 0) is 54.8 Å². The summed E-state index contributed by atoms with van der Waals surface area (Å²) in [5.74, 6) is 0.250. The molecule has 1 aliphatic rings. The van der Waals surface area contributed by atoms with Crippen LogP contribution in [0.2, 0.25) is 0 Å². The summed E-state index contributed by atoms with van der Waals surface area (Å²) in [4.78, 5) is 6.33. The van der Waals surface area contributed by atoms with E-state index in [1.54, 1.807) is 12.1 Å². The Morgan fingerprint density at radius 1 is 1.19 bits per heavy atom. The Hall–Kier alpha value is -2.36. The van der Waals surface area contributed by atoms with Crippen LogP contribution in [0.1, 0.15) is 22.7 Å². The van der Waals surface area contributed by atoms with Crippen molar-refractivity contribution in [3.8, 4) is 0 Å². The van der Waals surface area contributed by atoms with E-state index in [0.717, 1.165) is 22.4 Å². The summed E-state index contributed by atoms with van der Waals surface area (Å²) in [7, 11) is 0. The molecule has 3 rings (SSSR count). The molecular formula is C17H18FN3. The minimum Gasteiger partial charge on any atom is -0.369 e. The highest BCUT2D eigenvalue weighted by Crippen LogP contribution is 2.33. The molecule has 1 unspecified atom stereocenters. The lowest BCUT2D eigenvalue weighted by atomic mass is 10.00. The van der Waals surface area contributed by atoms with E-state index in [0.29, 0.717) is 12.5 Å². The zero-order valence-electron chi connectivity index (χ0n) is 12.2. The molecule has 0 saturated carbocycles. The Morgan fingerprint density at radius 2 is 2.00 bits per heavy atom. The molecule has 1 aliphatic heterocycles. The average molecular weight is 283 g/mol. The van der Waals surface area contributed by atoms with Gasteiger partial charge in [-0.25, -0.2) is 4.39 Å². The second-order valence-electron chi connectivity index (χ2n) is 5.42. The largest absolute Gasteiger partial charge is 0.369 e. The number of hydrogen-bond acceptors (Lipinski definition) is 3. The van der Waals surface area contributed by atoms with Gasteiger partial charge in [-0.3, -0.25) is 4.99 Å². The first-order valence-electron chi connectivity index (χ1n) is 6.98. The van der Waals surface area contributed by atoms with Crippen LogP contribution in [0.5, 0.6) is 0 Å². The molecule has 0 aliphatic carbocycles. The molecule has 0 fully saturated rings. The molecule has 2 aromatic carbocycles. The number of rotatable bonds is 2. The molecule has 2 aromatic rings. The van der Waals surface area contributed by atoms with E-state index in [-0.39, 0.29) is 11.9 Å². The fraction of sp³-hybridized carbons (Fsp3) is 0.235. The monoisotopic (exact) mass is 283 g/mol. The van der Waals surface area contributed by atoms with Crippen LogP contribution >= 0.6 is 0 Å². The minimum atomic E-state index is -0.231. The Bertz CT molecular complexity index is 709. The molecule has 1 atom stereocenters. The fourth-order valence-corrected chi connectivity index (χ4v) is 2.80. The van der Waals surface area contributed by atoms with Crippen molar-refractivity contribution >= 4 is 11.6 Å². The van der Waals surface area contributed by atoms with Crippen molar-refractivity contribution < 1.29 is 4.39 Å². The van der Waals surface area contributed by atoms with Gasteiger partial charge >= 0.3 is 0 Å². The SMILES string of the molecule is Cc1cccc(N2C(N)=NCC2c2cc(F)ccc2C)c1. The molecule has 0 bridgehead atoms. The van der Waals surface area contributed by atoms with Gasteiger partial charge in [0, 0.05) is 5.69 Å². The summed E-state index contributed by atoms with van der Waals surface area (Å²) >= 11 is 0. The molecule has 0 amide bonds. The Morgan fingerprint density at radius 3 is 2.76 bits per heavy atom. The molecule has 0 saturated heterocycles. The number of aliphatic imine (C=N–C) groups is 1. The Kier molecular flexibility index (Phi) is 3.37. The van der Waals surface area contributed by atoms with Gasteiger partial charge < -0.3 is 10.6 Å². The first-order valence-corrected chi connectivity index (χ1v) is 6.98. The first kappa shape index (κ1) is 13.6. The van der Waals surface area contributed by atoms with Gasteiger partial charge in [-0.15, -0.1) is 0 Å². The zero-order chi connectivity index (χ0) is 15.0. The average Bonchev–Trinajstić information content (AvgIpc) is 2.83. The van der Waals surface area contributed by atoms with Crippen LogP contribution in [-0.4, -0.2) is 12.5 Å². The number of nitrogens with zero attached hydrogens (tertiary/aromatic N) is 2. The lowest BCUT2D eigenvalue weighted by Crippen LogP contribution is -2.36. The van der Waals surface area contributed by atoms with Crippen molar-refractivity contribution in [1.82, 2.24) is 0 Å². The van der Waals surface area contributed by atoms with E-state index >= 15 is 0 Å². The lowest BCUT2D eigenvalue weighted by molar-refractivity contribution is 0.620. The number of guanidine groups is 1. The maximum Gasteiger partial charge on any atom is 0.196 e. The summed E-state index contributed by atoms with van der Waals surface area (Å²) in [6, 6.07) is 12.9. The summed E-state index contributed by atoms with van der Waals surface area (Å²) in [6.45, 7) is 4.57. The van der Waals surface area contributed by atoms with Gasteiger partial charge in [-0.2, -0.15) is 0 Å². The maximum atomic E-state index is 13.6. The van der Waals surface area contributed by atoms with Crippen molar-refractivity contribution in [1.29, 1.82) is 0 Å². The summed E-state index contributed by atoms with van der Waals surface area (Å²) < 4.78 is 13.6. The summed E-state index contributed by atoms with van der Waals surface area (Å²) in [5, 5.41) is 0. The highest BCUT2D eigenvalue weighted by molar-refractivity contribution is 5.97. The molecule has 21 heavy (non-hydrogen) atoms. The second-order valence-corrected chi connectivity index (χ2v) is 5.42. The number of nitrogens with two attached hydrogens (primary N) is 1. The van der Waals surface area contributed by atoms with Gasteiger partial charge in [0.1, 0.15) is 5.82 Å². The molecule has 4 heteroatoms. The second kappa shape index (κ2) is 5.20. The van der Waals surface area contributed by atoms with Gasteiger partial charge in [0.15, 0.2) is 5.96 Å². The van der Waals surface area contributed by atoms with Crippen LogP contribution in [0, 0.1) is 19.7 Å². The number of anilines is 1. The van der Waals surface area contributed by atoms with Crippen LogP contribution in [0.4, 0.5) is 10.1 Å². The van der Waals surface area contributed by atoms with Crippen molar-refractivity contribution in [2.75, 3.05) is 11.4 Å². The molecule has 0 radical (unpaired) electrons. The molecule has 2 N–H and O–H groups in total. The van der Waals surface area contributed by atoms with Gasteiger partial charge in [0.2, 0.25) is 0 Å². The van der Waals surface area contributed by atoms with E-state index in [1.165, 1.54) is 6.07 Å². The van der Waals surface area contributed by atoms with Crippen molar-refractivity contribution in [2.45, 2.75) is 19.9 Å². The lowest BCUT2D eigenvalue weighted by Gasteiger charge is -2.28. The third kappa shape index (κ3) is 2.49. The van der Waals surface area contributed by atoms with E-state index in [4.69, 9.17) is 5.73 Å². The molecule has 3 nitrogen and oxygen atoms in total. The van der Waals surface area contributed by atoms with Gasteiger partial charge in [-0.1, -0.05) is 18.2 Å². The maximum absolute atomic E-state index is 13.6. The van der Waals surface area contributed by atoms with Gasteiger partial charge in [0.05, 0.1) is 12.6 Å². The number of benzene rings is 2. The van der Waals surface area contributed by atoms with Crippen molar-refractivity contribution in [2.24, 2.45) is 10.7 Å². The van der Waals surface area contributed by atoms with Crippen LogP contribution in [0.15, 0.2) is 47.5 Å². The van der Waals surface area contributed by atoms with E-state index in [2.05, 4.69) is 11.1 Å². The molecular weight excluding hydrogens is 265 g/mol. The standard InChI is InChI=1S/C17H18FN3/c1-11-4-3-5-14(8-11)21-16(10-20-17(21)19)15-9-13(18)7-6-12(15)2/h3-9,16H,10H2,1-2H3,(H2,19,20). The molecule has 0 aromatic heterocycles. The molecule has 0 spiro atoms. The zero-order valence-corrected chi connectivity index (χ0v) is 12.2. The Labute approximate surface area is 123 Å². The van der Waals surface area contributed by atoms with Crippen LogP contribution in [0.25, 0.3) is 0 Å². The highest BCUT2D eigenvalue weighted by atomic mass is 19.1. The normalized spacial score (nSPS) is 18.0. The van der Waals surface area contributed by atoms with Crippen LogP contribution in [-0.2, 0) is 0 Å². The van der Waals surface area contributed by atoms with Crippen LogP contribution < -0.4 is 10.6 Å². The topological polar surface area (TPSA) is 41.6 Å². The summed E-state index contributed by atoms with van der Waals surface area (Å²) in [5.41, 5.74) is 10.2. The third-order valence-electron chi connectivity index (χ3n) is 3.86. The van der Waals surface area contributed by atoms with Crippen molar-refractivity contribution in [3.05, 3.63) is 65.0 Å². The predicted molar refractivity (Wildman–Crippen MR) is 84.0 cm³/mol. The Balaban J connectivity index is 2.05. The molecule has 108 valence electrons. The minimum absolute atomic E-state index is 0.0532. The van der Waals surface area contributed by atoms with E-state index in [9.17, 15) is 4.39 Å². The first-order chi connectivity index (χ1) is 10.1.